The molecule has 4 nitrogen and oxygen atoms in total. The van der Waals surface area contributed by atoms with Crippen molar-refractivity contribution in [2.24, 2.45) is 0 Å². The van der Waals surface area contributed by atoms with Gasteiger partial charge in [0.05, 0.1) is 17.5 Å². The SMILES string of the molecule is Cc1cccc(C)c1OCC1CS(=O)(=O)CCN1. The molecule has 1 saturated heterocycles. The van der Waals surface area contributed by atoms with Gasteiger partial charge in [0, 0.05) is 6.54 Å². The minimum Gasteiger partial charge on any atom is -0.491 e. The zero-order valence-corrected chi connectivity index (χ0v) is 11.6. The largest absolute Gasteiger partial charge is 0.491 e. The molecule has 0 amide bonds. The molecule has 2 rings (SSSR count). The van der Waals surface area contributed by atoms with Gasteiger partial charge in [0.15, 0.2) is 9.84 Å². The van der Waals surface area contributed by atoms with Crippen molar-refractivity contribution < 1.29 is 13.2 Å². The number of sulfone groups is 1. The number of rotatable bonds is 3. The van der Waals surface area contributed by atoms with Crippen molar-refractivity contribution in [2.75, 3.05) is 24.7 Å². The predicted octanol–water partition coefficient (Wildman–Crippen LogP) is 1.07. The Labute approximate surface area is 108 Å². The van der Waals surface area contributed by atoms with Gasteiger partial charge >= 0.3 is 0 Å². The monoisotopic (exact) mass is 269 g/mol. The van der Waals surface area contributed by atoms with Crippen LogP contribution in [-0.2, 0) is 9.84 Å². The summed E-state index contributed by atoms with van der Waals surface area (Å²) < 4.78 is 28.8. The Morgan fingerprint density at radius 3 is 2.61 bits per heavy atom. The molecule has 1 aliphatic heterocycles. The van der Waals surface area contributed by atoms with E-state index in [1.165, 1.54) is 0 Å². The van der Waals surface area contributed by atoms with Crippen molar-refractivity contribution >= 4 is 9.84 Å². The Balaban J connectivity index is 2.00. The highest BCUT2D eigenvalue weighted by Crippen LogP contribution is 2.22. The molecular formula is C13H19NO3S. The molecule has 100 valence electrons. The van der Waals surface area contributed by atoms with Gasteiger partial charge in [0.25, 0.3) is 0 Å². The molecule has 0 spiro atoms. The summed E-state index contributed by atoms with van der Waals surface area (Å²) in [4.78, 5) is 0. The number of benzene rings is 1. The van der Waals surface area contributed by atoms with Crippen molar-refractivity contribution in [1.82, 2.24) is 5.32 Å². The van der Waals surface area contributed by atoms with Crippen LogP contribution in [-0.4, -0.2) is 39.1 Å². The lowest BCUT2D eigenvalue weighted by molar-refractivity contribution is 0.270. The van der Waals surface area contributed by atoms with Crippen LogP contribution in [0.2, 0.25) is 0 Å². The first-order valence-corrected chi connectivity index (χ1v) is 7.93. The van der Waals surface area contributed by atoms with Gasteiger partial charge in [-0.2, -0.15) is 0 Å². The van der Waals surface area contributed by atoms with E-state index in [0.29, 0.717) is 13.2 Å². The van der Waals surface area contributed by atoms with E-state index in [1.807, 2.05) is 32.0 Å². The van der Waals surface area contributed by atoms with Crippen molar-refractivity contribution in [3.63, 3.8) is 0 Å². The number of aryl methyl sites for hydroxylation is 2. The molecule has 5 heteroatoms. The van der Waals surface area contributed by atoms with Gasteiger partial charge in [-0.25, -0.2) is 8.42 Å². The van der Waals surface area contributed by atoms with Gasteiger partial charge in [-0.3, -0.25) is 0 Å². The maximum atomic E-state index is 11.5. The normalized spacial score (nSPS) is 22.7. The van der Waals surface area contributed by atoms with E-state index in [1.54, 1.807) is 0 Å². The molecule has 0 bridgehead atoms. The van der Waals surface area contributed by atoms with E-state index in [0.717, 1.165) is 16.9 Å². The topological polar surface area (TPSA) is 55.4 Å². The summed E-state index contributed by atoms with van der Waals surface area (Å²) >= 11 is 0. The van der Waals surface area contributed by atoms with Crippen molar-refractivity contribution in [1.29, 1.82) is 0 Å². The van der Waals surface area contributed by atoms with Gasteiger partial charge in [-0.05, 0) is 25.0 Å². The van der Waals surface area contributed by atoms with E-state index in [-0.39, 0.29) is 17.5 Å². The Morgan fingerprint density at radius 2 is 2.00 bits per heavy atom. The Morgan fingerprint density at radius 1 is 1.33 bits per heavy atom. The van der Waals surface area contributed by atoms with E-state index in [9.17, 15) is 8.42 Å². The number of hydrogen-bond donors (Lipinski definition) is 1. The zero-order valence-electron chi connectivity index (χ0n) is 10.8. The van der Waals surface area contributed by atoms with Crippen LogP contribution < -0.4 is 10.1 Å². The summed E-state index contributed by atoms with van der Waals surface area (Å²) in [5.74, 6) is 1.26. The van der Waals surface area contributed by atoms with Crippen LogP contribution >= 0.6 is 0 Å². The molecule has 1 heterocycles. The Kier molecular flexibility index (Phi) is 3.92. The van der Waals surface area contributed by atoms with Crippen LogP contribution in [0.5, 0.6) is 5.75 Å². The number of ether oxygens (including phenoxy) is 1. The fourth-order valence-electron chi connectivity index (χ4n) is 2.19. The van der Waals surface area contributed by atoms with Gasteiger partial charge < -0.3 is 10.1 Å². The average molecular weight is 269 g/mol. The van der Waals surface area contributed by atoms with E-state index >= 15 is 0 Å². The second-order valence-electron chi connectivity index (χ2n) is 4.80. The highest BCUT2D eigenvalue weighted by atomic mass is 32.2. The van der Waals surface area contributed by atoms with Crippen LogP contribution in [0.4, 0.5) is 0 Å². The van der Waals surface area contributed by atoms with Crippen molar-refractivity contribution in [2.45, 2.75) is 19.9 Å². The lowest BCUT2D eigenvalue weighted by Gasteiger charge is -2.24. The van der Waals surface area contributed by atoms with Gasteiger partial charge in [0.1, 0.15) is 12.4 Å². The molecular weight excluding hydrogens is 250 g/mol. The minimum atomic E-state index is -2.90. The summed E-state index contributed by atoms with van der Waals surface area (Å²) in [7, 11) is -2.90. The lowest BCUT2D eigenvalue weighted by Crippen LogP contribution is -2.48. The number of hydrogen-bond acceptors (Lipinski definition) is 4. The number of nitrogens with one attached hydrogen (secondary N) is 1. The van der Waals surface area contributed by atoms with Crippen LogP contribution in [0.1, 0.15) is 11.1 Å². The molecule has 0 aliphatic carbocycles. The second kappa shape index (κ2) is 5.28. The molecule has 1 aromatic carbocycles. The lowest BCUT2D eigenvalue weighted by atomic mass is 10.1. The van der Waals surface area contributed by atoms with Crippen LogP contribution in [0.15, 0.2) is 18.2 Å². The molecule has 0 radical (unpaired) electrons. The van der Waals surface area contributed by atoms with E-state index < -0.39 is 9.84 Å². The van der Waals surface area contributed by atoms with Gasteiger partial charge in [-0.15, -0.1) is 0 Å². The standard InChI is InChI=1S/C13H19NO3S/c1-10-4-3-5-11(2)13(10)17-8-12-9-18(15,16)7-6-14-12/h3-5,12,14H,6-9H2,1-2H3. The average Bonchev–Trinajstić information content (AvgIpc) is 2.27. The molecule has 0 aromatic heterocycles. The van der Waals surface area contributed by atoms with E-state index in [4.69, 9.17) is 4.74 Å². The van der Waals surface area contributed by atoms with Gasteiger partial charge in [-0.1, -0.05) is 18.2 Å². The summed E-state index contributed by atoms with van der Waals surface area (Å²) in [6.45, 7) is 4.90. The summed E-state index contributed by atoms with van der Waals surface area (Å²) in [5.41, 5.74) is 2.15. The molecule has 1 unspecified atom stereocenters. The molecule has 1 fully saturated rings. The molecule has 0 saturated carbocycles. The summed E-state index contributed by atoms with van der Waals surface area (Å²) in [5, 5.41) is 3.18. The smallest absolute Gasteiger partial charge is 0.153 e. The fraction of sp³-hybridized carbons (Fsp3) is 0.538. The van der Waals surface area contributed by atoms with Crippen LogP contribution in [0.25, 0.3) is 0 Å². The van der Waals surface area contributed by atoms with Crippen molar-refractivity contribution in [3.8, 4) is 5.75 Å². The Bertz CT molecular complexity index is 505. The maximum absolute atomic E-state index is 11.5. The second-order valence-corrected chi connectivity index (χ2v) is 7.03. The summed E-state index contributed by atoms with van der Waals surface area (Å²) in [6, 6.07) is 5.87. The molecule has 18 heavy (non-hydrogen) atoms. The third kappa shape index (κ3) is 3.23. The first kappa shape index (κ1) is 13.4. The van der Waals surface area contributed by atoms with Gasteiger partial charge in [0.2, 0.25) is 0 Å². The molecule has 1 aliphatic rings. The highest BCUT2D eigenvalue weighted by Gasteiger charge is 2.24. The van der Waals surface area contributed by atoms with Crippen LogP contribution in [0.3, 0.4) is 0 Å². The van der Waals surface area contributed by atoms with Crippen LogP contribution in [0, 0.1) is 13.8 Å². The van der Waals surface area contributed by atoms with Crippen molar-refractivity contribution in [3.05, 3.63) is 29.3 Å². The van der Waals surface area contributed by atoms with E-state index in [2.05, 4.69) is 5.32 Å². The first-order chi connectivity index (χ1) is 8.48. The molecule has 1 aromatic rings. The molecule has 1 N–H and O–H groups in total. The summed E-state index contributed by atoms with van der Waals surface area (Å²) in [6.07, 6.45) is 0. The highest BCUT2D eigenvalue weighted by molar-refractivity contribution is 7.91. The minimum absolute atomic E-state index is 0.109. The maximum Gasteiger partial charge on any atom is 0.153 e. The first-order valence-electron chi connectivity index (χ1n) is 6.11. The molecule has 1 atom stereocenters. The number of para-hydroxylation sites is 1. The zero-order chi connectivity index (χ0) is 13.2. The quantitative estimate of drug-likeness (QED) is 0.892. The predicted molar refractivity (Wildman–Crippen MR) is 71.9 cm³/mol. The fourth-order valence-corrected chi connectivity index (χ4v) is 3.61. The third-order valence-electron chi connectivity index (χ3n) is 3.14. The third-order valence-corrected chi connectivity index (χ3v) is 4.88. The Hall–Kier alpha value is -1.07.